The summed E-state index contributed by atoms with van der Waals surface area (Å²) < 4.78 is 9.29. The Kier molecular flexibility index (Phi) is 5.39. The standard InChI is InChI=1S/C35H38NO/c1-20(2)15-23-10-11-24-18-30-32-26(28(24)17-23)13-14-36(8)33(32)31-22(4)27-16-21(3)9-12-25(27)29(34(31)37-30)19-35(5,6)7/h9-14,16-18,20H,15,19H2,1-8H3/q+1. The van der Waals surface area contributed by atoms with E-state index in [0.717, 1.165) is 24.3 Å². The van der Waals surface area contributed by atoms with E-state index >= 15 is 0 Å². The van der Waals surface area contributed by atoms with Crippen molar-refractivity contribution in [3.05, 3.63) is 77.0 Å². The van der Waals surface area contributed by atoms with Gasteiger partial charge in [-0.3, -0.25) is 0 Å². The van der Waals surface area contributed by atoms with E-state index in [2.05, 4.69) is 115 Å². The van der Waals surface area contributed by atoms with Gasteiger partial charge in [0, 0.05) is 17.0 Å². The van der Waals surface area contributed by atoms with E-state index in [9.17, 15) is 0 Å². The molecular formula is C35H38NO+. The summed E-state index contributed by atoms with van der Waals surface area (Å²) in [6.07, 6.45) is 4.28. The lowest BCUT2D eigenvalue weighted by Crippen LogP contribution is -2.32. The maximum Gasteiger partial charge on any atom is 0.228 e. The fourth-order valence-corrected chi connectivity index (χ4v) is 6.30. The maximum absolute atomic E-state index is 6.99. The Morgan fingerprint density at radius 1 is 0.865 bits per heavy atom. The fraction of sp³-hybridized carbons (Fsp3) is 0.343. The van der Waals surface area contributed by atoms with Gasteiger partial charge in [0.05, 0.1) is 10.9 Å². The van der Waals surface area contributed by atoms with Crippen LogP contribution in [0.4, 0.5) is 0 Å². The molecule has 0 atom stereocenters. The highest BCUT2D eigenvalue weighted by Gasteiger charge is 2.34. The van der Waals surface area contributed by atoms with Crippen LogP contribution < -0.4 is 9.30 Å². The van der Waals surface area contributed by atoms with Gasteiger partial charge in [0.2, 0.25) is 5.69 Å². The summed E-state index contributed by atoms with van der Waals surface area (Å²) in [4.78, 5) is 0. The van der Waals surface area contributed by atoms with E-state index < -0.39 is 0 Å². The number of fused-ring (bicyclic) bond motifs is 5. The molecule has 2 nitrogen and oxygen atoms in total. The zero-order valence-corrected chi connectivity index (χ0v) is 23.5. The van der Waals surface area contributed by atoms with Crippen LogP contribution in [0.5, 0.6) is 11.5 Å². The van der Waals surface area contributed by atoms with Crippen LogP contribution in [0, 0.1) is 25.2 Å². The average Bonchev–Trinajstić information content (AvgIpc) is 2.82. The molecule has 0 saturated heterocycles. The Bertz CT molecular complexity index is 1730. The van der Waals surface area contributed by atoms with Crippen LogP contribution in [-0.2, 0) is 19.9 Å². The van der Waals surface area contributed by atoms with Gasteiger partial charge < -0.3 is 4.74 Å². The zero-order valence-electron chi connectivity index (χ0n) is 23.5. The molecule has 0 aliphatic carbocycles. The predicted octanol–water partition coefficient (Wildman–Crippen LogP) is 9.15. The predicted molar refractivity (Wildman–Crippen MR) is 157 cm³/mol. The lowest BCUT2D eigenvalue weighted by Gasteiger charge is -2.28. The van der Waals surface area contributed by atoms with E-state index in [0.29, 0.717) is 5.92 Å². The Labute approximate surface area is 220 Å². The van der Waals surface area contributed by atoms with Crippen molar-refractivity contribution >= 4 is 32.3 Å². The van der Waals surface area contributed by atoms with Crippen molar-refractivity contribution in [1.82, 2.24) is 0 Å². The van der Waals surface area contributed by atoms with E-state index in [4.69, 9.17) is 4.74 Å². The minimum atomic E-state index is 0.134. The normalized spacial score (nSPS) is 13.0. The van der Waals surface area contributed by atoms with Gasteiger partial charge in [0.1, 0.15) is 18.5 Å². The van der Waals surface area contributed by atoms with Gasteiger partial charge in [-0.2, -0.15) is 0 Å². The Balaban J connectivity index is 1.75. The number of pyridine rings is 1. The summed E-state index contributed by atoms with van der Waals surface area (Å²) in [7, 11) is 2.18. The molecule has 5 aromatic rings. The monoisotopic (exact) mass is 488 g/mol. The highest BCUT2D eigenvalue weighted by molar-refractivity contribution is 6.16. The average molecular weight is 489 g/mol. The van der Waals surface area contributed by atoms with Crippen molar-refractivity contribution in [3.63, 3.8) is 0 Å². The first-order chi connectivity index (χ1) is 17.5. The molecule has 4 aromatic carbocycles. The Morgan fingerprint density at radius 2 is 1.65 bits per heavy atom. The summed E-state index contributed by atoms with van der Waals surface area (Å²) in [6.45, 7) is 16.0. The Morgan fingerprint density at radius 3 is 2.38 bits per heavy atom. The molecule has 0 unspecified atom stereocenters. The van der Waals surface area contributed by atoms with Crippen LogP contribution in [0.25, 0.3) is 43.6 Å². The molecule has 0 saturated carbocycles. The van der Waals surface area contributed by atoms with Crippen LogP contribution in [-0.4, -0.2) is 0 Å². The van der Waals surface area contributed by atoms with Crippen molar-refractivity contribution in [2.75, 3.05) is 0 Å². The minimum Gasteiger partial charge on any atom is -0.455 e. The van der Waals surface area contributed by atoms with E-state index in [1.54, 1.807) is 0 Å². The minimum absolute atomic E-state index is 0.134. The van der Waals surface area contributed by atoms with E-state index in [1.807, 2.05) is 0 Å². The molecule has 1 aromatic heterocycles. The van der Waals surface area contributed by atoms with Crippen molar-refractivity contribution in [2.24, 2.45) is 18.4 Å². The quantitative estimate of drug-likeness (QED) is 0.179. The van der Waals surface area contributed by atoms with Gasteiger partial charge in [-0.1, -0.05) is 76.6 Å². The van der Waals surface area contributed by atoms with Crippen molar-refractivity contribution < 1.29 is 9.30 Å². The Hall–Kier alpha value is -3.39. The van der Waals surface area contributed by atoms with Gasteiger partial charge in [0.15, 0.2) is 6.20 Å². The van der Waals surface area contributed by atoms with Crippen molar-refractivity contribution in [2.45, 2.75) is 61.3 Å². The molecule has 0 N–H and O–H groups in total. The highest BCUT2D eigenvalue weighted by Crippen LogP contribution is 2.52. The molecule has 1 aliphatic heterocycles. The molecule has 0 bridgehead atoms. The second-order valence-electron chi connectivity index (χ2n) is 12.8. The molecule has 0 fully saturated rings. The highest BCUT2D eigenvalue weighted by atomic mass is 16.5. The van der Waals surface area contributed by atoms with E-state index in [-0.39, 0.29) is 5.41 Å². The third-order valence-corrected chi connectivity index (χ3v) is 7.84. The fourth-order valence-electron chi connectivity index (χ4n) is 6.30. The van der Waals surface area contributed by atoms with Gasteiger partial charge in [-0.25, -0.2) is 4.57 Å². The number of aromatic nitrogens is 1. The van der Waals surface area contributed by atoms with Gasteiger partial charge in [-0.05, 0) is 76.8 Å². The molecule has 2 heteroatoms. The first-order valence-electron chi connectivity index (χ1n) is 13.6. The summed E-state index contributed by atoms with van der Waals surface area (Å²) in [5.41, 5.74) is 7.95. The summed E-state index contributed by atoms with van der Waals surface area (Å²) in [6, 6.07) is 18.4. The zero-order chi connectivity index (χ0) is 26.2. The third-order valence-electron chi connectivity index (χ3n) is 7.84. The molecule has 1 aliphatic rings. The third kappa shape index (κ3) is 3.89. The van der Waals surface area contributed by atoms with Crippen molar-refractivity contribution in [1.29, 1.82) is 0 Å². The van der Waals surface area contributed by atoms with Crippen LogP contribution >= 0.6 is 0 Å². The first kappa shape index (κ1) is 24.0. The van der Waals surface area contributed by atoms with Crippen LogP contribution in [0.3, 0.4) is 0 Å². The number of hydrogen-bond donors (Lipinski definition) is 0. The molecule has 2 heterocycles. The molecule has 37 heavy (non-hydrogen) atoms. The van der Waals surface area contributed by atoms with Gasteiger partial charge in [-0.15, -0.1) is 0 Å². The molecule has 6 rings (SSSR count). The SMILES string of the molecule is Cc1ccc2c(CC(C)(C)C)c3c(c(C)c2c1)-c1c2c(cc4ccc(CC(C)C)cc4c2cc[n+]1C)O3. The smallest absolute Gasteiger partial charge is 0.228 e. The lowest BCUT2D eigenvalue weighted by molar-refractivity contribution is -0.659. The molecule has 0 spiro atoms. The van der Waals surface area contributed by atoms with Gasteiger partial charge >= 0.3 is 0 Å². The largest absolute Gasteiger partial charge is 0.455 e. The van der Waals surface area contributed by atoms with Crippen molar-refractivity contribution in [3.8, 4) is 22.8 Å². The summed E-state index contributed by atoms with van der Waals surface area (Å²) in [5.74, 6) is 2.64. The maximum atomic E-state index is 6.99. The summed E-state index contributed by atoms with van der Waals surface area (Å²) >= 11 is 0. The molecular weight excluding hydrogens is 450 g/mol. The number of rotatable bonds is 3. The molecule has 0 amide bonds. The van der Waals surface area contributed by atoms with E-state index in [1.165, 1.54) is 65.8 Å². The number of nitrogens with zero attached hydrogens (tertiary/aromatic N) is 1. The molecule has 188 valence electrons. The number of ether oxygens (including phenoxy) is 1. The molecule has 0 radical (unpaired) electrons. The summed E-state index contributed by atoms with van der Waals surface area (Å²) in [5, 5.41) is 7.71. The second kappa shape index (κ2) is 8.31. The topological polar surface area (TPSA) is 13.1 Å². The second-order valence-corrected chi connectivity index (χ2v) is 12.8. The van der Waals surface area contributed by atoms with Crippen LogP contribution in [0.2, 0.25) is 0 Å². The first-order valence-corrected chi connectivity index (χ1v) is 13.6. The lowest BCUT2D eigenvalue weighted by atomic mass is 9.81. The van der Waals surface area contributed by atoms with Gasteiger partial charge in [0.25, 0.3) is 0 Å². The van der Waals surface area contributed by atoms with Crippen LogP contribution in [0.15, 0.2) is 54.7 Å². The number of hydrogen-bond acceptors (Lipinski definition) is 1. The number of aryl methyl sites for hydroxylation is 3. The van der Waals surface area contributed by atoms with Crippen LogP contribution in [0.1, 0.15) is 56.9 Å². The number of benzene rings is 4.